The first kappa shape index (κ1) is 25.7. The van der Waals surface area contributed by atoms with E-state index in [0.29, 0.717) is 24.4 Å². The highest BCUT2D eigenvalue weighted by molar-refractivity contribution is 5.81. The Morgan fingerprint density at radius 3 is 2.73 bits per heavy atom. The molecular formula is C29H38N4O4. The number of rotatable bonds is 9. The SMILES string of the molecule is CCC(NCc1ccc2c(c1)nc(-c1c[nH]c(=O)c(C)c1)n2CC1CCOCC1)C(=O)OC1CCCC1. The van der Waals surface area contributed by atoms with E-state index in [9.17, 15) is 9.59 Å². The monoisotopic (exact) mass is 506 g/mol. The van der Waals surface area contributed by atoms with Gasteiger partial charge in [-0.2, -0.15) is 0 Å². The third kappa shape index (κ3) is 5.96. The van der Waals surface area contributed by atoms with Gasteiger partial charge < -0.3 is 24.3 Å². The number of ether oxygens (including phenoxy) is 2. The molecule has 8 nitrogen and oxygen atoms in total. The van der Waals surface area contributed by atoms with Crippen LogP contribution < -0.4 is 10.9 Å². The van der Waals surface area contributed by atoms with Crippen molar-refractivity contribution in [1.29, 1.82) is 0 Å². The molecule has 1 saturated carbocycles. The molecule has 2 fully saturated rings. The summed E-state index contributed by atoms with van der Waals surface area (Å²) in [4.78, 5) is 32.5. The molecule has 1 unspecified atom stereocenters. The van der Waals surface area contributed by atoms with Gasteiger partial charge in [0.05, 0.1) is 11.0 Å². The van der Waals surface area contributed by atoms with Crippen LogP contribution in [0.15, 0.2) is 35.3 Å². The molecule has 37 heavy (non-hydrogen) atoms. The molecule has 0 bridgehead atoms. The number of nitrogens with one attached hydrogen (secondary N) is 2. The smallest absolute Gasteiger partial charge is 0.323 e. The van der Waals surface area contributed by atoms with Gasteiger partial charge in [0.15, 0.2) is 0 Å². The molecule has 0 spiro atoms. The van der Waals surface area contributed by atoms with Crippen LogP contribution in [0.2, 0.25) is 0 Å². The Hall–Kier alpha value is -2.97. The van der Waals surface area contributed by atoms with Gasteiger partial charge in [0.25, 0.3) is 5.56 Å². The quantitative estimate of drug-likeness (QED) is 0.415. The van der Waals surface area contributed by atoms with Crippen molar-refractivity contribution in [1.82, 2.24) is 19.9 Å². The Kier molecular flexibility index (Phi) is 8.05. The number of esters is 1. The summed E-state index contributed by atoms with van der Waals surface area (Å²) < 4.78 is 13.6. The third-order valence-electron chi connectivity index (χ3n) is 7.77. The maximum atomic E-state index is 12.7. The van der Waals surface area contributed by atoms with Crippen LogP contribution in [0.1, 0.15) is 63.0 Å². The minimum Gasteiger partial charge on any atom is -0.461 e. The van der Waals surface area contributed by atoms with Crippen LogP contribution in [-0.2, 0) is 27.4 Å². The van der Waals surface area contributed by atoms with E-state index in [1.165, 1.54) is 0 Å². The molecule has 2 aliphatic rings. The van der Waals surface area contributed by atoms with E-state index in [4.69, 9.17) is 14.5 Å². The second-order valence-electron chi connectivity index (χ2n) is 10.5. The van der Waals surface area contributed by atoms with Gasteiger partial charge in [0.2, 0.25) is 0 Å². The predicted octanol–water partition coefficient (Wildman–Crippen LogP) is 4.48. The number of imidazole rings is 1. The summed E-state index contributed by atoms with van der Waals surface area (Å²) >= 11 is 0. The van der Waals surface area contributed by atoms with Crippen molar-refractivity contribution < 1.29 is 14.3 Å². The van der Waals surface area contributed by atoms with E-state index in [0.717, 1.165) is 86.3 Å². The second kappa shape index (κ2) is 11.6. The lowest BCUT2D eigenvalue weighted by Gasteiger charge is -2.23. The Labute approximate surface area is 217 Å². The van der Waals surface area contributed by atoms with Crippen LogP contribution in [-0.4, -0.2) is 45.9 Å². The molecule has 198 valence electrons. The fourth-order valence-electron chi connectivity index (χ4n) is 5.49. The van der Waals surface area contributed by atoms with E-state index in [1.54, 1.807) is 6.20 Å². The topological polar surface area (TPSA) is 98.2 Å². The molecule has 3 heterocycles. The summed E-state index contributed by atoms with van der Waals surface area (Å²) in [6.45, 7) is 6.83. The Balaban J connectivity index is 1.38. The average molecular weight is 507 g/mol. The molecule has 2 aromatic heterocycles. The molecule has 8 heteroatoms. The van der Waals surface area contributed by atoms with E-state index >= 15 is 0 Å². The number of carbonyl (C=O) groups excluding carboxylic acids is 1. The number of carbonyl (C=O) groups is 1. The molecule has 1 saturated heterocycles. The zero-order valence-corrected chi connectivity index (χ0v) is 21.9. The molecule has 0 amide bonds. The zero-order valence-electron chi connectivity index (χ0n) is 21.9. The number of aryl methyl sites for hydroxylation is 1. The van der Waals surface area contributed by atoms with Crippen molar-refractivity contribution in [2.24, 2.45) is 5.92 Å². The van der Waals surface area contributed by atoms with Crippen molar-refractivity contribution >= 4 is 17.0 Å². The van der Waals surface area contributed by atoms with Crippen molar-refractivity contribution in [2.75, 3.05) is 13.2 Å². The zero-order chi connectivity index (χ0) is 25.8. The Morgan fingerprint density at radius 1 is 1.22 bits per heavy atom. The molecule has 2 N–H and O–H groups in total. The maximum absolute atomic E-state index is 12.7. The lowest BCUT2D eigenvalue weighted by atomic mass is 10.00. The van der Waals surface area contributed by atoms with Crippen LogP contribution >= 0.6 is 0 Å². The molecule has 0 radical (unpaired) electrons. The van der Waals surface area contributed by atoms with Crippen molar-refractivity contribution in [3.05, 3.63) is 51.9 Å². The normalized spacial score (nSPS) is 17.9. The number of aromatic amines is 1. The Morgan fingerprint density at radius 2 is 2.00 bits per heavy atom. The van der Waals surface area contributed by atoms with Crippen molar-refractivity contribution in [3.63, 3.8) is 0 Å². The van der Waals surface area contributed by atoms with Gasteiger partial charge in [-0.05, 0) is 81.5 Å². The molecule has 5 rings (SSSR count). The lowest BCUT2D eigenvalue weighted by molar-refractivity contribution is -0.151. The van der Waals surface area contributed by atoms with E-state index < -0.39 is 0 Å². The number of hydrogen-bond acceptors (Lipinski definition) is 6. The first-order valence-corrected chi connectivity index (χ1v) is 13.7. The van der Waals surface area contributed by atoms with Gasteiger partial charge >= 0.3 is 5.97 Å². The van der Waals surface area contributed by atoms with Crippen LogP contribution in [0.5, 0.6) is 0 Å². The van der Waals surface area contributed by atoms with E-state index in [1.807, 2.05) is 19.9 Å². The van der Waals surface area contributed by atoms with Gasteiger partial charge in [0.1, 0.15) is 18.0 Å². The maximum Gasteiger partial charge on any atom is 0.323 e. The second-order valence-corrected chi connectivity index (χ2v) is 10.5. The molecule has 1 aromatic carbocycles. The molecule has 1 aliphatic heterocycles. The van der Waals surface area contributed by atoms with E-state index in [-0.39, 0.29) is 23.7 Å². The van der Waals surface area contributed by atoms with Crippen LogP contribution in [0.4, 0.5) is 0 Å². The van der Waals surface area contributed by atoms with Crippen LogP contribution in [0.25, 0.3) is 22.4 Å². The average Bonchev–Trinajstić information content (AvgIpc) is 3.54. The minimum atomic E-state index is -0.318. The fourth-order valence-corrected chi connectivity index (χ4v) is 5.49. The lowest BCUT2D eigenvalue weighted by Crippen LogP contribution is -2.38. The third-order valence-corrected chi connectivity index (χ3v) is 7.77. The van der Waals surface area contributed by atoms with Gasteiger partial charge in [-0.1, -0.05) is 13.0 Å². The first-order valence-electron chi connectivity index (χ1n) is 13.7. The highest BCUT2D eigenvalue weighted by Gasteiger charge is 2.24. The summed E-state index contributed by atoms with van der Waals surface area (Å²) in [7, 11) is 0. The summed E-state index contributed by atoms with van der Waals surface area (Å²) in [5, 5.41) is 3.39. The molecule has 1 aliphatic carbocycles. The standard InChI is InChI=1S/C29H38N4O4/c1-3-24(29(35)37-23-6-4-5-7-23)30-16-21-8-9-26-25(15-21)32-27(22-14-19(2)28(34)31-17-22)33(26)18-20-10-12-36-13-11-20/h8-9,14-15,17,20,23-24,30H,3-7,10-13,16,18H2,1-2H3,(H,31,34). The summed E-state index contributed by atoms with van der Waals surface area (Å²) in [5.41, 5.74) is 4.54. The number of fused-ring (bicyclic) bond motifs is 1. The minimum absolute atomic E-state index is 0.0781. The number of pyridine rings is 1. The van der Waals surface area contributed by atoms with Crippen molar-refractivity contribution in [2.45, 2.75) is 84.0 Å². The Bertz CT molecular complexity index is 1280. The fraction of sp³-hybridized carbons (Fsp3) is 0.552. The number of H-pyrrole nitrogens is 1. The van der Waals surface area contributed by atoms with Crippen LogP contribution in [0, 0.1) is 12.8 Å². The highest BCUT2D eigenvalue weighted by atomic mass is 16.5. The number of hydrogen-bond donors (Lipinski definition) is 2. The van der Waals surface area contributed by atoms with Crippen molar-refractivity contribution in [3.8, 4) is 11.4 Å². The van der Waals surface area contributed by atoms with Gasteiger partial charge in [-0.15, -0.1) is 0 Å². The predicted molar refractivity (Wildman–Crippen MR) is 143 cm³/mol. The summed E-state index contributed by atoms with van der Waals surface area (Å²) in [6.07, 6.45) is 8.81. The number of nitrogens with zero attached hydrogens (tertiary/aromatic N) is 2. The highest BCUT2D eigenvalue weighted by Crippen LogP contribution is 2.29. The van der Waals surface area contributed by atoms with Gasteiger partial charge in [-0.25, -0.2) is 4.98 Å². The molecule has 1 atom stereocenters. The number of aromatic nitrogens is 3. The number of benzene rings is 1. The molecular weight excluding hydrogens is 468 g/mol. The molecule has 3 aromatic rings. The summed E-state index contributed by atoms with van der Waals surface area (Å²) in [5.74, 6) is 1.23. The first-order chi connectivity index (χ1) is 18.0. The van der Waals surface area contributed by atoms with E-state index in [2.05, 4.69) is 33.1 Å². The van der Waals surface area contributed by atoms with Gasteiger partial charge in [0, 0.05) is 43.6 Å². The van der Waals surface area contributed by atoms with Crippen LogP contribution in [0.3, 0.4) is 0 Å². The largest absolute Gasteiger partial charge is 0.461 e. The van der Waals surface area contributed by atoms with Gasteiger partial charge in [-0.3, -0.25) is 9.59 Å². The summed E-state index contributed by atoms with van der Waals surface area (Å²) in [6, 6.07) is 7.92.